The molecule has 0 bridgehead atoms. The van der Waals surface area contributed by atoms with Crippen LogP contribution in [0.1, 0.15) is 34.8 Å². The number of fused-ring (bicyclic) bond motifs is 1. The summed E-state index contributed by atoms with van der Waals surface area (Å²) in [5.41, 5.74) is -0.0814. The summed E-state index contributed by atoms with van der Waals surface area (Å²) in [5, 5.41) is 9.98. The monoisotopic (exact) mass is 385 g/mol. The summed E-state index contributed by atoms with van der Waals surface area (Å²) in [6.07, 6.45) is -3.11. The zero-order valence-corrected chi connectivity index (χ0v) is 14.2. The van der Waals surface area contributed by atoms with E-state index in [0.717, 1.165) is 24.3 Å². The van der Waals surface area contributed by atoms with E-state index < -0.39 is 31.8 Å². The van der Waals surface area contributed by atoms with Crippen molar-refractivity contribution in [2.45, 2.75) is 35.6 Å². The first-order valence-electron chi connectivity index (χ1n) is 7.79. The van der Waals surface area contributed by atoms with E-state index in [1.165, 1.54) is 12.1 Å². The number of rotatable bonds is 3. The maximum absolute atomic E-state index is 12.9. The van der Waals surface area contributed by atoms with Crippen molar-refractivity contribution in [1.82, 2.24) is 0 Å². The smallest absolute Gasteiger partial charge is 0.258 e. The zero-order valence-electron chi connectivity index (χ0n) is 13.4. The van der Waals surface area contributed by atoms with Gasteiger partial charge in [0, 0.05) is 12.1 Å². The molecule has 0 fully saturated rings. The fraction of sp³-hybridized carbons (Fsp3) is 0.294. The van der Waals surface area contributed by atoms with E-state index in [4.69, 9.17) is 0 Å². The minimum Gasteiger partial charge on any atom is -0.258 e. The molecule has 0 heterocycles. The van der Waals surface area contributed by atoms with Crippen LogP contribution >= 0.6 is 0 Å². The van der Waals surface area contributed by atoms with Crippen molar-refractivity contribution in [3.05, 3.63) is 69.3 Å². The molecule has 138 valence electrons. The molecule has 5 nitrogen and oxygen atoms in total. The van der Waals surface area contributed by atoms with Gasteiger partial charge in [-0.25, -0.2) is 8.42 Å². The first-order chi connectivity index (χ1) is 12.1. The second kappa shape index (κ2) is 6.39. The van der Waals surface area contributed by atoms with E-state index in [-0.39, 0.29) is 17.0 Å². The summed E-state index contributed by atoms with van der Waals surface area (Å²) in [6, 6.07) is 7.44. The van der Waals surface area contributed by atoms with Crippen molar-refractivity contribution in [2.75, 3.05) is 0 Å². The van der Waals surface area contributed by atoms with Gasteiger partial charge in [-0.05, 0) is 54.7 Å². The Bertz CT molecular complexity index is 953. The summed E-state index contributed by atoms with van der Waals surface area (Å²) >= 11 is 0. The molecule has 1 aliphatic carbocycles. The Hall–Kier alpha value is -2.42. The Morgan fingerprint density at radius 2 is 1.73 bits per heavy atom. The molecule has 2 aromatic carbocycles. The highest BCUT2D eigenvalue weighted by Crippen LogP contribution is 2.41. The molecule has 0 saturated heterocycles. The Balaban J connectivity index is 2.04. The molecular weight excluding hydrogens is 371 g/mol. The van der Waals surface area contributed by atoms with Gasteiger partial charge in [-0.2, -0.15) is 13.2 Å². The number of nitro groups is 1. The van der Waals surface area contributed by atoms with Crippen molar-refractivity contribution in [2.24, 2.45) is 0 Å². The normalized spacial score (nSPS) is 17.6. The number of nitro benzene ring substituents is 1. The van der Waals surface area contributed by atoms with Crippen molar-refractivity contribution in [3.8, 4) is 0 Å². The van der Waals surface area contributed by atoms with E-state index in [0.29, 0.717) is 24.0 Å². The third kappa shape index (κ3) is 3.31. The Morgan fingerprint density at radius 1 is 1.08 bits per heavy atom. The minimum absolute atomic E-state index is 0.210. The SMILES string of the molecule is O=[N+]([O-])c1ccc2c(c1)C(S(=O)(=O)c1ccc(C(F)(F)F)cc1)CCC2. The maximum atomic E-state index is 12.9. The fourth-order valence-corrected chi connectivity index (χ4v) is 5.05. The van der Waals surface area contributed by atoms with Crippen LogP contribution in [0.2, 0.25) is 0 Å². The zero-order chi connectivity index (χ0) is 19.1. The lowest BCUT2D eigenvalue weighted by molar-refractivity contribution is -0.384. The Morgan fingerprint density at radius 3 is 2.31 bits per heavy atom. The summed E-state index contributed by atoms with van der Waals surface area (Å²) < 4.78 is 63.9. The minimum atomic E-state index is -4.56. The molecule has 0 saturated carbocycles. The van der Waals surface area contributed by atoms with E-state index in [1.807, 2.05) is 0 Å². The number of non-ortho nitro benzene ring substituents is 1. The molecule has 0 amide bonds. The average Bonchev–Trinajstić information content (AvgIpc) is 2.60. The number of sulfone groups is 1. The summed E-state index contributed by atoms with van der Waals surface area (Å²) in [5.74, 6) is 0. The number of halogens is 3. The van der Waals surface area contributed by atoms with Gasteiger partial charge in [0.05, 0.1) is 20.6 Å². The first kappa shape index (κ1) is 18.4. The predicted octanol–water partition coefficient (Wildman–Crippen LogP) is 4.46. The van der Waals surface area contributed by atoms with Crippen LogP contribution in [-0.2, 0) is 22.4 Å². The van der Waals surface area contributed by atoms with Gasteiger partial charge in [-0.3, -0.25) is 10.1 Å². The van der Waals surface area contributed by atoms with Gasteiger partial charge in [-0.15, -0.1) is 0 Å². The average molecular weight is 385 g/mol. The van der Waals surface area contributed by atoms with Gasteiger partial charge in [-0.1, -0.05) is 6.07 Å². The van der Waals surface area contributed by atoms with Crippen LogP contribution in [0.4, 0.5) is 18.9 Å². The Labute approximate surface area is 147 Å². The maximum Gasteiger partial charge on any atom is 0.416 e. The molecule has 1 unspecified atom stereocenters. The van der Waals surface area contributed by atoms with E-state index in [1.54, 1.807) is 6.07 Å². The van der Waals surface area contributed by atoms with E-state index in [9.17, 15) is 31.7 Å². The third-order valence-corrected chi connectivity index (χ3v) is 6.65. The highest BCUT2D eigenvalue weighted by atomic mass is 32.2. The van der Waals surface area contributed by atoms with Crippen LogP contribution in [0.15, 0.2) is 47.4 Å². The van der Waals surface area contributed by atoms with Crippen LogP contribution in [-0.4, -0.2) is 13.3 Å². The van der Waals surface area contributed by atoms with E-state index >= 15 is 0 Å². The second-order valence-electron chi connectivity index (χ2n) is 6.09. The molecular formula is C17H14F3NO4S. The Kier molecular flexibility index (Phi) is 4.51. The van der Waals surface area contributed by atoms with Crippen LogP contribution in [0.3, 0.4) is 0 Å². The quantitative estimate of drug-likeness (QED) is 0.577. The number of aryl methyl sites for hydroxylation is 1. The molecule has 2 aromatic rings. The van der Waals surface area contributed by atoms with Crippen molar-refractivity contribution in [3.63, 3.8) is 0 Å². The summed E-state index contributed by atoms with van der Waals surface area (Å²) in [6.45, 7) is 0. The molecule has 0 N–H and O–H groups in total. The number of alkyl halides is 3. The van der Waals surface area contributed by atoms with Gasteiger partial charge in [0.2, 0.25) is 0 Å². The predicted molar refractivity (Wildman–Crippen MR) is 87.4 cm³/mol. The molecule has 9 heteroatoms. The molecule has 0 radical (unpaired) electrons. The second-order valence-corrected chi connectivity index (χ2v) is 8.22. The fourth-order valence-electron chi connectivity index (χ4n) is 3.18. The summed E-state index contributed by atoms with van der Waals surface area (Å²) in [4.78, 5) is 10.2. The highest BCUT2D eigenvalue weighted by molar-refractivity contribution is 7.91. The molecule has 1 atom stereocenters. The van der Waals surface area contributed by atoms with Crippen molar-refractivity contribution >= 4 is 15.5 Å². The van der Waals surface area contributed by atoms with Crippen LogP contribution in [0, 0.1) is 10.1 Å². The molecule has 0 aliphatic heterocycles. The van der Waals surface area contributed by atoms with Crippen LogP contribution in [0.5, 0.6) is 0 Å². The van der Waals surface area contributed by atoms with Crippen LogP contribution in [0.25, 0.3) is 0 Å². The first-order valence-corrected chi connectivity index (χ1v) is 9.34. The molecule has 26 heavy (non-hydrogen) atoms. The molecule has 0 spiro atoms. The van der Waals surface area contributed by atoms with Gasteiger partial charge in [0.1, 0.15) is 0 Å². The van der Waals surface area contributed by atoms with Gasteiger partial charge < -0.3 is 0 Å². The highest BCUT2D eigenvalue weighted by Gasteiger charge is 2.35. The lowest BCUT2D eigenvalue weighted by atomic mass is 9.91. The largest absolute Gasteiger partial charge is 0.416 e. The van der Waals surface area contributed by atoms with Gasteiger partial charge in [0.25, 0.3) is 5.69 Å². The lowest BCUT2D eigenvalue weighted by Crippen LogP contribution is -2.19. The number of hydrogen-bond acceptors (Lipinski definition) is 4. The van der Waals surface area contributed by atoms with Crippen LogP contribution < -0.4 is 0 Å². The third-order valence-electron chi connectivity index (χ3n) is 4.48. The standard InChI is InChI=1S/C17H14F3NO4S/c18-17(19,20)12-5-8-14(9-6-12)26(24,25)16-3-1-2-11-4-7-13(21(22)23)10-15(11)16/h4-10,16H,1-3H2. The number of hydrogen-bond donors (Lipinski definition) is 0. The van der Waals surface area contributed by atoms with Crippen molar-refractivity contribution in [1.29, 1.82) is 0 Å². The van der Waals surface area contributed by atoms with Crippen molar-refractivity contribution < 1.29 is 26.5 Å². The topological polar surface area (TPSA) is 77.3 Å². The molecule has 1 aliphatic rings. The van der Waals surface area contributed by atoms with E-state index in [2.05, 4.69) is 0 Å². The lowest BCUT2D eigenvalue weighted by Gasteiger charge is -2.25. The number of benzene rings is 2. The molecule has 0 aromatic heterocycles. The summed E-state index contributed by atoms with van der Waals surface area (Å²) in [7, 11) is -3.97. The van der Waals surface area contributed by atoms with Gasteiger partial charge >= 0.3 is 6.18 Å². The molecule has 3 rings (SSSR count). The van der Waals surface area contributed by atoms with Gasteiger partial charge in [0.15, 0.2) is 9.84 Å². The number of nitrogens with zero attached hydrogens (tertiary/aromatic N) is 1.